The Morgan fingerprint density at radius 2 is 2.12 bits per heavy atom. The fourth-order valence-electron chi connectivity index (χ4n) is 1.78. The number of aryl methyl sites for hydroxylation is 1. The van der Waals surface area contributed by atoms with Gasteiger partial charge in [-0.05, 0) is 47.7 Å². The van der Waals surface area contributed by atoms with E-state index in [-0.39, 0.29) is 6.04 Å². The average molecular weight is 332 g/mol. The lowest BCUT2D eigenvalue weighted by Crippen LogP contribution is -2.29. The summed E-state index contributed by atoms with van der Waals surface area (Å²) in [6.07, 6.45) is 0. The molecule has 1 heterocycles. The first-order valence-electron chi connectivity index (χ1n) is 5.08. The maximum atomic E-state index is 6.23. The van der Waals surface area contributed by atoms with E-state index in [2.05, 4.69) is 39.7 Å². The molecule has 1 atom stereocenters. The van der Waals surface area contributed by atoms with Crippen LogP contribution in [0.2, 0.25) is 5.02 Å². The molecule has 1 aromatic heterocycles. The van der Waals surface area contributed by atoms with Gasteiger partial charge < -0.3 is 0 Å². The van der Waals surface area contributed by atoms with Crippen LogP contribution in [0.5, 0.6) is 0 Å². The first-order valence-corrected chi connectivity index (χ1v) is 7.13. The van der Waals surface area contributed by atoms with Gasteiger partial charge in [-0.2, -0.15) is 0 Å². The van der Waals surface area contributed by atoms with Crippen LogP contribution in [0.25, 0.3) is 0 Å². The number of hydrogen-bond donors (Lipinski definition) is 2. The summed E-state index contributed by atoms with van der Waals surface area (Å²) < 4.78 is 0.991. The van der Waals surface area contributed by atoms with Gasteiger partial charge in [0, 0.05) is 14.4 Å². The van der Waals surface area contributed by atoms with Crippen LogP contribution in [0.3, 0.4) is 0 Å². The van der Waals surface area contributed by atoms with Gasteiger partial charge in [-0.15, -0.1) is 11.3 Å². The van der Waals surface area contributed by atoms with Gasteiger partial charge in [0.1, 0.15) is 0 Å². The quantitative estimate of drug-likeness (QED) is 0.658. The number of hydrogen-bond acceptors (Lipinski definition) is 3. The maximum absolute atomic E-state index is 6.23. The minimum atomic E-state index is -0.0775. The monoisotopic (exact) mass is 330 g/mol. The Balaban J connectivity index is 2.49. The second-order valence-corrected chi connectivity index (χ2v) is 6.14. The average Bonchev–Trinajstić information content (AvgIpc) is 2.71. The lowest BCUT2D eigenvalue weighted by molar-refractivity contribution is 0.636. The molecular weight excluding hydrogens is 320 g/mol. The predicted octanol–water partition coefficient (Wildman–Crippen LogP) is 4.03. The first-order chi connectivity index (χ1) is 8.13. The van der Waals surface area contributed by atoms with Crippen LogP contribution in [0, 0.1) is 6.92 Å². The summed E-state index contributed by atoms with van der Waals surface area (Å²) in [7, 11) is 0. The third-order valence-corrected chi connectivity index (χ3v) is 4.34. The second kappa shape index (κ2) is 5.50. The number of thiophene rings is 1. The maximum Gasteiger partial charge on any atom is 0.0735 e. The molecule has 0 saturated carbocycles. The van der Waals surface area contributed by atoms with E-state index in [1.165, 1.54) is 4.88 Å². The van der Waals surface area contributed by atoms with E-state index in [9.17, 15) is 0 Å². The Morgan fingerprint density at radius 3 is 2.71 bits per heavy atom. The Bertz CT molecular complexity index is 527. The summed E-state index contributed by atoms with van der Waals surface area (Å²) in [6.45, 7) is 2.08. The van der Waals surface area contributed by atoms with Crippen molar-refractivity contribution in [1.82, 2.24) is 5.43 Å². The molecule has 90 valence electrons. The van der Waals surface area contributed by atoms with Gasteiger partial charge >= 0.3 is 0 Å². The van der Waals surface area contributed by atoms with E-state index >= 15 is 0 Å². The highest BCUT2D eigenvalue weighted by atomic mass is 79.9. The lowest BCUT2D eigenvalue weighted by Gasteiger charge is -2.18. The van der Waals surface area contributed by atoms with Crippen molar-refractivity contribution in [3.05, 3.63) is 55.1 Å². The molecule has 0 spiro atoms. The van der Waals surface area contributed by atoms with Crippen molar-refractivity contribution in [3.63, 3.8) is 0 Å². The smallest absolute Gasteiger partial charge is 0.0735 e. The van der Waals surface area contributed by atoms with Gasteiger partial charge in [0.05, 0.1) is 6.04 Å². The second-order valence-electron chi connectivity index (χ2n) is 3.70. The van der Waals surface area contributed by atoms with Gasteiger partial charge in [-0.25, -0.2) is 5.43 Å². The van der Waals surface area contributed by atoms with Crippen molar-refractivity contribution in [2.24, 2.45) is 5.84 Å². The molecule has 1 unspecified atom stereocenters. The Morgan fingerprint density at radius 1 is 1.35 bits per heavy atom. The number of hydrazine groups is 1. The van der Waals surface area contributed by atoms with Crippen molar-refractivity contribution in [3.8, 4) is 0 Å². The summed E-state index contributed by atoms with van der Waals surface area (Å²) in [5, 5.41) is 2.77. The normalized spacial score (nSPS) is 12.7. The molecule has 0 aliphatic heterocycles. The van der Waals surface area contributed by atoms with Crippen LogP contribution < -0.4 is 11.3 Å². The van der Waals surface area contributed by atoms with E-state index in [4.69, 9.17) is 17.4 Å². The van der Waals surface area contributed by atoms with E-state index < -0.39 is 0 Å². The molecule has 0 radical (unpaired) electrons. The minimum absolute atomic E-state index is 0.0775. The van der Waals surface area contributed by atoms with Crippen molar-refractivity contribution in [2.45, 2.75) is 13.0 Å². The Hall–Kier alpha value is -0.390. The van der Waals surface area contributed by atoms with Gasteiger partial charge in [-0.3, -0.25) is 5.84 Å². The summed E-state index contributed by atoms with van der Waals surface area (Å²) in [5.41, 5.74) is 4.97. The largest absolute Gasteiger partial charge is 0.271 e. The van der Waals surface area contributed by atoms with Crippen molar-refractivity contribution in [1.29, 1.82) is 0 Å². The summed E-state index contributed by atoms with van der Waals surface area (Å²) >= 11 is 11.4. The number of nitrogens with one attached hydrogen (secondary N) is 1. The molecular formula is C12H12BrClN2S. The van der Waals surface area contributed by atoms with E-state index in [1.54, 1.807) is 11.3 Å². The molecule has 2 rings (SSSR count). The molecule has 0 aliphatic rings. The zero-order valence-electron chi connectivity index (χ0n) is 9.21. The third-order valence-electron chi connectivity index (χ3n) is 2.65. The van der Waals surface area contributed by atoms with Gasteiger partial charge in [-0.1, -0.05) is 27.5 Å². The number of benzene rings is 1. The number of nitrogens with two attached hydrogens (primary N) is 1. The topological polar surface area (TPSA) is 38.0 Å². The molecule has 5 heteroatoms. The van der Waals surface area contributed by atoms with Gasteiger partial charge in [0.2, 0.25) is 0 Å². The summed E-state index contributed by atoms with van der Waals surface area (Å²) in [4.78, 5) is 1.24. The van der Waals surface area contributed by atoms with Crippen LogP contribution in [-0.4, -0.2) is 0 Å². The van der Waals surface area contributed by atoms with Crippen LogP contribution in [0.1, 0.15) is 22.0 Å². The highest BCUT2D eigenvalue weighted by Gasteiger charge is 2.18. The third kappa shape index (κ3) is 2.72. The molecule has 17 heavy (non-hydrogen) atoms. The molecule has 0 aliphatic carbocycles. The minimum Gasteiger partial charge on any atom is -0.271 e. The molecule has 0 saturated heterocycles. The number of rotatable bonds is 3. The lowest BCUT2D eigenvalue weighted by atomic mass is 10.0. The molecule has 0 fully saturated rings. The van der Waals surface area contributed by atoms with Crippen LogP contribution >= 0.6 is 38.9 Å². The molecule has 0 amide bonds. The van der Waals surface area contributed by atoms with Crippen LogP contribution in [0.4, 0.5) is 0 Å². The Labute approximate surface area is 118 Å². The summed E-state index contributed by atoms with van der Waals surface area (Å²) in [6, 6.07) is 7.77. The van der Waals surface area contributed by atoms with E-state index in [1.807, 2.05) is 18.2 Å². The van der Waals surface area contributed by atoms with Crippen molar-refractivity contribution < 1.29 is 0 Å². The predicted molar refractivity (Wildman–Crippen MR) is 77.4 cm³/mol. The van der Waals surface area contributed by atoms with Gasteiger partial charge in [0.25, 0.3) is 0 Å². The molecule has 1 aromatic carbocycles. The van der Waals surface area contributed by atoms with Crippen LogP contribution in [0.15, 0.2) is 34.1 Å². The summed E-state index contributed by atoms with van der Waals surface area (Å²) in [5.74, 6) is 5.66. The zero-order chi connectivity index (χ0) is 12.4. The van der Waals surface area contributed by atoms with Crippen molar-refractivity contribution >= 4 is 38.9 Å². The zero-order valence-corrected chi connectivity index (χ0v) is 12.4. The molecule has 2 aromatic rings. The standard InChI is InChI=1S/C12H12BrClN2S/c1-7-9(4-5-17-7)12(16-15)10-6-8(13)2-3-11(10)14/h2-6,12,16H,15H2,1H3. The highest BCUT2D eigenvalue weighted by molar-refractivity contribution is 9.10. The molecule has 0 bridgehead atoms. The van der Waals surface area contributed by atoms with Gasteiger partial charge in [0.15, 0.2) is 0 Å². The highest BCUT2D eigenvalue weighted by Crippen LogP contribution is 2.33. The fraction of sp³-hybridized carbons (Fsp3) is 0.167. The molecule has 2 nitrogen and oxygen atoms in total. The SMILES string of the molecule is Cc1sccc1C(NN)c1cc(Br)ccc1Cl. The van der Waals surface area contributed by atoms with Crippen LogP contribution in [-0.2, 0) is 0 Å². The van der Waals surface area contributed by atoms with E-state index in [0.29, 0.717) is 5.02 Å². The van der Waals surface area contributed by atoms with Crippen molar-refractivity contribution in [2.75, 3.05) is 0 Å². The fourth-order valence-corrected chi connectivity index (χ4v) is 3.12. The first kappa shape index (κ1) is 13.1. The number of halogens is 2. The molecule has 3 N–H and O–H groups in total. The van der Waals surface area contributed by atoms with E-state index in [0.717, 1.165) is 15.6 Å². The Kier molecular flexibility index (Phi) is 4.22.